The van der Waals surface area contributed by atoms with E-state index in [0.717, 1.165) is 5.56 Å². The number of thiophene rings is 1. The van der Waals surface area contributed by atoms with Gasteiger partial charge in [-0.2, -0.15) is 4.31 Å². The molecule has 0 bridgehead atoms. The summed E-state index contributed by atoms with van der Waals surface area (Å²) in [5.74, 6) is 0.504. The van der Waals surface area contributed by atoms with Crippen LogP contribution >= 0.6 is 22.9 Å². The maximum atomic E-state index is 12.9. The van der Waals surface area contributed by atoms with E-state index in [2.05, 4.69) is 0 Å². The number of rotatable bonds is 6. The molecule has 0 radical (unpaired) electrons. The molecule has 1 aromatic heterocycles. The van der Waals surface area contributed by atoms with Crippen LogP contribution in [0.25, 0.3) is 0 Å². The molecule has 31 heavy (non-hydrogen) atoms. The van der Waals surface area contributed by atoms with Crippen LogP contribution in [0.2, 0.25) is 5.02 Å². The van der Waals surface area contributed by atoms with Gasteiger partial charge in [0, 0.05) is 31.7 Å². The van der Waals surface area contributed by atoms with Crippen molar-refractivity contribution >= 4 is 38.9 Å². The number of nitrogens with zero attached hydrogens (tertiary/aromatic N) is 2. The topological polar surface area (TPSA) is 66.9 Å². The molecule has 0 atom stereocenters. The Labute approximate surface area is 190 Å². The normalized spacial score (nSPS) is 15.1. The molecule has 2 heterocycles. The molecule has 9 heteroatoms. The van der Waals surface area contributed by atoms with E-state index in [1.807, 2.05) is 23.6 Å². The van der Waals surface area contributed by atoms with E-state index < -0.39 is 10.0 Å². The lowest BCUT2D eigenvalue weighted by atomic mass is 10.3. The van der Waals surface area contributed by atoms with Gasteiger partial charge in [0.1, 0.15) is 12.4 Å². The fourth-order valence-corrected chi connectivity index (χ4v) is 5.81. The minimum absolute atomic E-state index is 0.0919. The van der Waals surface area contributed by atoms with Crippen LogP contribution in [0, 0.1) is 0 Å². The first-order chi connectivity index (χ1) is 14.9. The monoisotopic (exact) mass is 476 g/mol. The van der Waals surface area contributed by atoms with Gasteiger partial charge in [-0.15, -0.1) is 11.3 Å². The smallest absolute Gasteiger partial charge is 0.264 e. The Morgan fingerprint density at radius 1 is 1.00 bits per heavy atom. The molecular weight excluding hydrogens is 456 g/mol. The quantitative estimate of drug-likeness (QED) is 0.536. The van der Waals surface area contributed by atoms with Crippen molar-refractivity contribution in [1.82, 2.24) is 9.21 Å². The standard InChI is InChI=1S/C22H21ClN2O4S2/c23-19-8-4-5-9-20(19)29-15-17-14-21(30-16-17)22(26)24-10-12-25(13-11-24)31(27,28)18-6-2-1-3-7-18/h1-9,14,16H,10-13,15H2. The largest absolute Gasteiger partial charge is 0.487 e. The predicted octanol–water partition coefficient (Wildman–Crippen LogP) is 4.13. The number of amides is 1. The van der Waals surface area contributed by atoms with Crippen LogP contribution < -0.4 is 4.74 Å². The zero-order chi connectivity index (χ0) is 21.8. The first-order valence-electron chi connectivity index (χ1n) is 9.74. The highest BCUT2D eigenvalue weighted by Gasteiger charge is 2.30. The molecule has 162 valence electrons. The van der Waals surface area contributed by atoms with Crippen molar-refractivity contribution in [2.24, 2.45) is 0 Å². The van der Waals surface area contributed by atoms with Crippen molar-refractivity contribution in [3.05, 3.63) is 81.5 Å². The molecule has 1 aliphatic heterocycles. The van der Waals surface area contributed by atoms with Crippen molar-refractivity contribution in [3.63, 3.8) is 0 Å². The Kier molecular flexibility index (Phi) is 6.62. The third-order valence-corrected chi connectivity index (χ3v) is 8.19. The number of hydrogen-bond donors (Lipinski definition) is 0. The van der Waals surface area contributed by atoms with Gasteiger partial charge in [-0.05, 0) is 35.7 Å². The maximum Gasteiger partial charge on any atom is 0.264 e. The molecule has 3 aromatic rings. The summed E-state index contributed by atoms with van der Waals surface area (Å²) in [5, 5.41) is 2.43. The summed E-state index contributed by atoms with van der Waals surface area (Å²) in [6, 6.07) is 17.4. The summed E-state index contributed by atoms with van der Waals surface area (Å²) < 4.78 is 32.7. The van der Waals surface area contributed by atoms with Crippen molar-refractivity contribution in [3.8, 4) is 5.75 Å². The molecule has 0 saturated carbocycles. The van der Waals surface area contributed by atoms with Gasteiger partial charge in [0.2, 0.25) is 10.0 Å². The summed E-state index contributed by atoms with van der Waals surface area (Å²) >= 11 is 7.46. The Balaban J connectivity index is 1.34. The highest BCUT2D eigenvalue weighted by Crippen LogP contribution is 2.26. The molecule has 1 saturated heterocycles. The second-order valence-electron chi connectivity index (χ2n) is 7.05. The number of hydrogen-bond acceptors (Lipinski definition) is 5. The van der Waals surface area contributed by atoms with Crippen LogP contribution in [0.15, 0.2) is 70.9 Å². The van der Waals surface area contributed by atoms with E-state index in [1.54, 1.807) is 47.4 Å². The molecule has 6 nitrogen and oxygen atoms in total. The van der Waals surface area contributed by atoms with Crippen LogP contribution in [0.5, 0.6) is 5.75 Å². The lowest BCUT2D eigenvalue weighted by Gasteiger charge is -2.33. The molecule has 0 unspecified atom stereocenters. The van der Waals surface area contributed by atoms with Crippen molar-refractivity contribution < 1.29 is 17.9 Å². The van der Waals surface area contributed by atoms with Crippen LogP contribution in [0.4, 0.5) is 0 Å². The molecule has 1 fully saturated rings. The summed E-state index contributed by atoms with van der Waals surface area (Å²) in [5.41, 5.74) is 0.888. The van der Waals surface area contributed by atoms with Gasteiger partial charge in [-0.25, -0.2) is 8.42 Å². The first-order valence-corrected chi connectivity index (χ1v) is 12.4. The number of piperazine rings is 1. The van der Waals surface area contributed by atoms with Crippen molar-refractivity contribution in [1.29, 1.82) is 0 Å². The molecule has 1 aliphatic rings. The number of sulfonamides is 1. The number of halogens is 1. The average Bonchev–Trinajstić information content (AvgIpc) is 3.28. The SMILES string of the molecule is O=C(c1cc(COc2ccccc2Cl)cs1)N1CCN(S(=O)(=O)c2ccccc2)CC1. The lowest BCUT2D eigenvalue weighted by Crippen LogP contribution is -2.50. The molecule has 0 aliphatic carbocycles. The van der Waals surface area contributed by atoms with Gasteiger partial charge in [-0.3, -0.25) is 4.79 Å². The third kappa shape index (κ3) is 4.93. The van der Waals surface area contributed by atoms with Crippen LogP contribution in [-0.2, 0) is 16.6 Å². The van der Waals surface area contributed by atoms with E-state index >= 15 is 0 Å². The van der Waals surface area contributed by atoms with Gasteiger partial charge >= 0.3 is 0 Å². The summed E-state index contributed by atoms with van der Waals surface area (Å²) in [4.78, 5) is 15.5. The van der Waals surface area contributed by atoms with Crippen LogP contribution in [0.3, 0.4) is 0 Å². The molecular formula is C22H21ClN2O4S2. The highest BCUT2D eigenvalue weighted by atomic mass is 35.5. The third-order valence-electron chi connectivity index (χ3n) is 5.00. The highest BCUT2D eigenvalue weighted by molar-refractivity contribution is 7.89. The summed E-state index contributed by atoms with van der Waals surface area (Å²) in [6.45, 7) is 1.58. The number of benzene rings is 2. The van der Waals surface area contributed by atoms with Crippen LogP contribution in [-0.4, -0.2) is 49.7 Å². The van der Waals surface area contributed by atoms with E-state index in [9.17, 15) is 13.2 Å². The predicted molar refractivity (Wildman–Crippen MR) is 121 cm³/mol. The van der Waals surface area contributed by atoms with Gasteiger partial charge in [0.25, 0.3) is 5.91 Å². The lowest BCUT2D eigenvalue weighted by molar-refractivity contribution is 0.0702. The maximum absolute atomic E-state index is 12.9. The van der Waals surface area contributed by atoms with Crippen molar-refractivity contribution in [2.75, 3.05) is 26.2 Å². The average molecular weight is 477 g/mol. The minimum Gasteiger partial charge on any atom is -0.487 e. The Bertz CT molecular complexity index is 1160. The summed E-state index contributed by atoms with van der Waals surface area (Å²) in [6.07, 6.45) is 0. The molecule has 4 rings (SSSR count). The van der Waals surface area contributed by atoms with E-state index in [1.165, 1.54) is 15.6 Å². The number of carbonyl (C=O) groups excluding carboxylic acids is 1. The fourth-order valence-electron chi connectivity index (χ4n) is 3.32. The van der Waals surface area contributed by atoms with E-state index in [4.69, 9.17) is 16.3 Å². The zero-order valence-electron chi connectivity index (χ0n) is 16.6. The number of carbonyl (C=O) groups is 1. The Morgan fingerprint density at radius 2 is 1.68 bits per heavy atom. The van der Waals surface area contributed by atoms with Crippen LogP contribution in [0.1, 0.15) is 15.2 Å². The fraction of sp³-hybridized carbons (Fsp3) is 0.227. The Morgan fingerprint density at radius 3 is 2.39 bits per heavy atom. The van der Waals surface area contributed by atoms with Crippen molar-refractivity contribution in [2.45, 2.75) is 11.5 Å². The number of para-hydroxylation sites is 1. The zero-order valence-corrected chi connectivity index (χ0v) is 19.0. The first kappa shape index (κ1) is 21.8. The Hall–Kier alpha value is -2.39. The molecule has 0 spiro atoms. The van der Waals surface area contributed by atoms with E-state index in [0.29, 0.717) is 35.3 Å². The summed E-state index contributed by atoms with van der Waals surface area (Å²) in [7, 11) is -3.54. The second kappa shape index (κ2) is 9.40. The van der Waals surface area contributed by atoms with Gasteiger partial charge in [-0.1, -0.05) is 41.9 Å². The van der Waals surface area contributed by atoms with Gasteiger partial charge in [0.15, 0.2) is 0 Å². The minimum atomic E-state index is -3.54. The molecule has 1 amide bonds. The van der Waals surface area contributed by atoms with Gasteiger partial charge < -0.3 is 9.64 Å². The second-order valence-corrected chi connectivity index (χ2v) is 10.3. The molecule has 0 N–H and O–H groups in total. The van der Waals surface area contributed by atoms with Gasteiger partial charge in [0.05, 0.1) is 14.8 Å². The van der Waals surface area contributed by atoms with E-state index in [-0.39, 0.29) is 23.9 Å². The molecule has 2 aromatic carbocycles. The number of ether oxygens (including phenoxy) is 1.